The second-order valence-electron chi connectivity index (χ2n) is 5.39. The highest BCUT2D eigenvalue weighted by atomic mass is 32.2. The van der Waals surface area contributed by atoms with Gasteiger partial charge in [-0.2, -0.15) is 0 Å². The van der Waals surface area contributed by atoms with E-state index in [1.807, 2.05) is 61.5 Å². The summed E-state index contributed by atoms with van der Waals surface area (Å²) >= 11 is 1.32. The highest BCUT2D eigenvalue weighted by molar-refractivity contribution is 7.99. The molecule has 24 heavy (non-hydrogen) atoms. The Kier molecular flexibility index (Phi) is 5.28. The molecule has 0 unspecified atom stereocenters. The summed E-state index contributed by atoms with van der Waals surface area (Å²) in [6.45, 7) is 2.56. The summed E-state index contributed by atoms with van der Waals surface area (Å²) in [5, 5.41) is 10.5. The minimum Gasteiger partial charge on any atom is -0.351 e. The number of amides is 1. The molecule has 3 aromatic rings. The van der Waals surface area contributed by atoms with Crippen molar-refractivity contribution in [3.05, 3.63) is 65.7 Å². The van der Waals surface area contributed by atoms with Gasteiger partial charge in [0.2, 0.25) is 11.1 Å². The summed E-state index contributed by atoms with van der Waals surface area (Å²) in [6.07, 6.45) is 0. The van der Waals surface area contributed by atoms with Crippen LogP contribution < -0.4 is 5.32 Å². The average Bonchev–Trinajstić information content (AvgIpc) is 3.08. The minimum atomic E-state index is -0.0363. The average molecular weight is 338 g/mol. The summed E-state index contributed by atoms with van der Waals surface area (Å²) in [7, 11) is 0. The zero-order valence-electron chi connectivity index (χ0n) is 13.3. The van der Waals surface area contributed by atoms with Gasteiger partial charge in [-0.25, -0.2) is 4.98 Å². The van der Waals surface area contributed by atoms with Crippen molar-refractivity contribution in [3.63, 3.8) is 0 Å². The van der Waals surface area contributed by atoms with Crippen LogP contribution in [0.5, 0.6) is 0 Å². The zero-order chi connectivity index (χ0) is 16.8. The van der Waals surface area contributed by atoms with Crippen molar-refractivity contribution in [2.24, 2.45) is 0 Å². The normalized spacial score (nSPS) is 10.5. The van der Waals surface area contributed by atoms with Crippen molar-refractivity contribution < 1.29 is 4.79 Å². The molecule has 2 aromatic carbocycles. The molecule has 0 radical (unpaired) electrons. The van der Waals surface area contributed by atoms with E-state index in [2.05, 4.69) is 20.5 Å². The van der Waals surface area contributed by atoms with Crippen LogP contribution in [0.25, 0.3) is 11.4 Å². The van der Waals surface area contributed by atoms with E-state index in [1.54, 1.807) is 0 Å². The standard InChI is InChI=1S/C18H18N4OS/c1-13-6-5-9-15(10-13)17-20-18(22-21-17)24-12-16(23)19-11-14-7-3-2-4-8-14/h2-10H,11-12H2,1H3,(H,19,23)(H,20,21,22). The molecule has 1 aromatic heterocycles. The smallest absolute Gasteiger partial charge is 0.230 e. The van der Waals surface area contributed by atoms with Gasteiger partial charge in [0.25, 0.3) is 0 Å². The lowest BCUT2D eigenvalue weighted by Crippen LogP contribution is -2.24. The van der Waals surface area contributed by atoms with Gasteiger partial charge in [-0.1, -0.05) is 65.9 Å². The summed E-state index contributed by atoms with van der Waals surface area (Å²) in [6, 6.07) is 17.9. The van der Waals surface area contributed by atoms with Gasteiger partial charge in [-0.15, -0.1) is 5.10 Å². The second-order valence-corrected chi connectivity index (χ2v) is 6.33. The van der Waals surface area contributed by atoms with Crippen molar-refractivity contribution in [2.45, 2.75) is 18.6 Å². The minimum absolute atomic E-state index is 0.0363. The van der Waals surface area contributed by atoms with Crippen molar-refractivity contribution in [3.8, 4) is 11.4 Å². The zero-order valence-corrected chi connectivity index (χ0v) is 14.1. The molecule has 0 spiro atoms. The number of aryl methyl sites for hydroxylation is 1. The van der Waals surface area contributed by atoms with Crippen molar-refractivity contribution in [2.75, 3.05) is 5.75 Å². The van der Waals surface area contributed by atoms with Gasteiger partial charge in [0.15, 0.2) is 5.82 Å². The van der Waals surface area contributed by atoms with Crippen LogP contribution >= 0.6 is 11.8 Å². The van der Waals surface area contributed by atoms with Crippen LogP contribution in [0.15, 0.2) is 59.8 Å². The largest absolute Gasteiger partial charge is 0.351 e. The van der Waals surface area contributed by atoms with E-state index in [1.165, 1.54) is 17.3 Å². The first-order valence-electron chi connectivity index (χ1n) is 7.63. The lowest BCUT2D eigenvalue weighted by Gasteiger charge is -2.03. The first kappa shape index (κ1) is 16.3. The van der Waals surface area contributed by atoms with Crippen LogP contribution in [0, 0.1) is 6.92 Å². The fraction of sp³-hybridized carbons (Fsp3) is 0.167. The molecule has 0 aliphatic carbocycles. The molecule has 0 aliphatic heterocycles. The molecular weight excluding hydrogens is 320 g/mol. The van der Waals surface area contributed by atoms with E-state index in [-0.39, 0.29) is 11.7 Å². The molecule has 0 fully saturated rings. The number of carbonyl (C=O) groups excluding carboxylic acids is 1. The van der Waals surface area contributed by atoms with E-state index < -0.39 is 0 Å². The van der Waals surface area contributed by atoms with E-state index >= 15 is 0 Å². The Morgan fingerprint density at radius 2 is 2.00 bits per heavy atom. The van der Waals surface area contributed by atoms with Gasteiger partial charge in [0.1, 0.15) is 0 Å². The van der Waals surface area contributed by atoms with Gasteiger partial charge >= 0.3 is 0 Å². The molecule has 5 nitrogen and oxygen atoms in total. The highest BCUT2D eigenvalue weighted by Gasteiger charge is 2.09. The van der Waals surface area contributed by atoms with Gasteiger partial charge in [0, 0.05) is 12.1 Å². The molecule has 122 valence electrons. The van der Waals surface area contributed by atoms with E-state index in [9.17, 15) is 4.79 Å². The number of thioether (sulfide) groups is 1. The van der Waals surface area contributed by atoms with Crippen LogP contribution in [0.1, 0.15) is 11.1 Å². The summed E-state index contributed by atoms with van der Waals surface area (Å²) < 4.78 is 0. The molecule has 2 N–H and O–H groups in total. The third-order valence-electron chi connectivity index (χ3n) is 3.42. The Bertz CT molecular complexity index is 817. The number of carbonyl (C=O) groups is 1. The van der Waals surface area contributed by atoms with Crippen LogP contribution in [0.3, 0.4) is 0 Å². The Morgan fingerprint density at radius 1 is 1.17 bits per heavy atom. The maximum atomic E-state index is 11.9. The predicted octanol–water partition coefficient (Wildman–Crippen LogP) is 3.19. The van der Waals surface area contributed by atoms with Gasteiger partial charge in [-0.3, -0.25) is 9.89 Å². The third kappa shape index (κ3) is 4.45. The lowest BCUT2D eigenvalue weighted by atomic mass is 10.1. The number of hydrogen-bond donors (Lipinski definition) is 2. The van der Waals surface area contributed by atoms with E-state index in [0.29, 0.717) is 17.5 Å². The van der Waals surface area contributed by atoms with Gasteiger partial charge in [0.05, 0.1) is 5.75 Å². The Balaban J connectivity index is 1.51. The number of nitrogens with one attached hydrogen (secondary N) is 2. The Morgan fingerprint density at radius 3 is 2.79 bits per heavy atom. The van der Waals surface area contributed by atoms with E-state index in [0.717, 1.165) is 11.1 Å². The third-order valence-corrected chi connectivity index (χ3v) is 4.27. The van der Waals surface area contributed by atoms with Crippen LogP contribution in [0.2, 0.25) is 0 Å². The number of aromatic nitrogens is 3. The predicted molar refractivity (Wildman–Crippen MR) is 95.6 cm³/mol. The number of hydrogen-bond acceptors (Lipinski definition) is 4. The molecule has 6 heteroatoms. The molecule has 3 rings (SSSR count). The molecule has 0 atom stereocenters. The van der Waals surface area contributed by atoms with E-state index in [4.69, 9.17) is 0 Å². The summed E-state index contributed by atoms with van der Waals surface area (Å²) in [5.41, 5.74) is 3.23. The molecule has 0 saturated heterocycles. The molecule has 0 bridgehead atoms. The maximum absolute atomic E-state index is 11.9. The lowest BCUT2D eigenvalue weighted by molar-refractivity contribution is -0.118. The second kappa shape index (κ2) is 7.79. The topological polar surface area (TPSA) is 70.7 Å². The number of H-pyrrole nitrogens is 1. The Hall–Kier alpha value is -2.60. The molecule has 1 amide bonds. The van der Waals surface area contributed by atoms with Gasteiger partial charge < -0.3 is 5.32 Å². The molecule has 1 heterocycles. The molecule has 0 saturated carbocycles. The quantitative estimate of drug-likeness (QED) is 0.677. The van der Waals surface area contributed by atoms with Crippen molar-refractivity contribution in [1.29, 1.82) is 0 Å². The number of nitrogens with zero attached hydrogens (tertiary/aromatic N) is 2. The van der Waals surface area contributed by atoms with Crippen molar-refractivity contribution >= 4 is 17.7 Å². The summed E-state index contributed by atoms with van der Waals surface area (Å²) in [4.78, 5) is 16.3. The fourth-order valence-corrected chi connectivity index (χ4v) is 2.84. The first-order chi connectivity index (χ1) is 11.7. The monoisotopic (exact) mass is 338 g/mol. The fourth-order valence-electron chi connectivity index (χ4n) is 2.21. The van der Waals surface area contributed by atoms with Crippen LogP contribution in [-0.4, -0.2) is 26.8 Å². The maximum Gasteiger partial charge on any atom is 0.230 e. The highest BCUT2D eigenvalue weighted by Crippen LogP contribution is 2.19. The Labute approximate surface area is 144 Å². The molecule has 0 aliphatic rings. The number of aromatic amines is 1. The first-order valence-corrected chi connectivity index (χ1v) is 8.62. The van der Waals surface area contributed by atoms with Crippen LogP contribution in [0.4, 0.5) is 0 Å². The summed E-state index contributed by atoms with van der Waals surface area (Å²) in [5.74, 6) is 0.967. The number of rotatable bonds is 6. The van der Waals surface area contributed by atoms with Crippen molar-refractivity contribution in [1.82, 2.24) is 20.5 Å². The molecular formula is C18H18N4OS. The van der Waals surface area contributed by atoms with Gasteiger partial charge in [-0.05, 0) is 18.6 Å². The number of benzene rings is 2. The van der Waals surface area contributed by atoms with Crippen LogP contribution in [-0.2, 0) is 11.3 Å². The SMILES string of the molecule is Cc1cccc(-c2nc(SCC(=O)NCc3ccccc3)n[nH]2)c1.